The number of amides is 1. The molecule has 1 aromatic carbocycles. The summed E-state index contributed by atoms with van der Waals surface area (Å²) in [5.74, 6) is 0.846. The lowest BCUT2D eigenvalue weighted by molar-refractivity contribution is 0.0743. The van der Waals surface area contributed by atoms with Crippen molar-refractivity contribution in [1.29, 1.82) is 0 Å². The summed E-state index contributed by atoms with van der Waals surface area (Å²) in [6.07, 6.45) is 6.08. The zero-order valence-electron chi connectivity index (χ0n) is 14.1. The monoisotopic (exact) mass is 339 g/mol. The third-order valence-electron chi connectivity index (χ3n) is 4.97. The molecule has 4 rings (SSSR count). The van der Waals surface area contributed by atoms with E-state index in [4.69, 9.17) is 0 Å². The number of hydrogen-bond donors (Lipinski definition) is 1. The quantitative estimate of drug-likeness (QED) is 0.841. The average molecular weight is 339 g/mol. The molecule has 0 radical (unpaired) electrons. The molecule has 0 spiro atoms. The second-order valence-corrected chi connectivity index (χ2v) is 6.81. The number of hydrogen-bond acceptors (Lipinski definition) is 5. The van der Waals surface area contributed by atoms with Crippen molar-refractivity contribution in [3.8, 4) is 0 Å². The molecule has 0 atom stereocenters. The molecular weight excluding hydrogens is 318 g/mol. The molecule has 1 amide bonds. The van der Waals surface area contributed by atoms with Crippen LogP contribution in [-0.2, 0) is 12.8 Å². The van der Waals surface area contributed by atoms with Gasteiger partial charge in [-0.2, -0.15) is 5.21 Å². The molecule has 0 aliphatic heterocycles. The Hall–Kier alpha value is -2.57. The first-order valence-electron chi connectivity index (χ1n) is 8.92. The molecule has 2 aliphatic rings. The highest BCUT2D eigenvalue weighted by Crippen LogP contribution is 2.29. The third kappa shape index (κ3) is 3.45. The number of carbonyl (C=O) groups excluding carboxylic acids is 2. The summed E-state index contributed by atoms with van der Waals surface area (Å²) in [7, 11) is 0. The predicted octanol–water partition coefficient (Wildman–Crippen LogP) is 1.96. The van der Waals surface area contributed by atoms with Gasteiger partial charge in [0.25, 0.3) is 5.91 Å². The molecule has 25 heavy (non-hydrogen) atoms. The SMILES string of the molecule is O=C1CCCCc2cc(C(=O)N(CCc3nn[nH]n3)C3CC3)ccc21. The zero-order chi connectivity index (χ0) is 17.2. The summed E-state index contributed by atoms with van der Waals surface area (Å²) in [6.45, 7) is 0.582. The van der Waals surface area contributed by atoms with Gasteiger partial charge < -0.3 is 4.90 Å². The van der Waals surface area contributed by atoms with E-state index in [1.165, 1.54) is 0 Å². The summed E-state index contributed by atoms with van der Waals surface area (Å²) in [5.41, 5.74) is 2.48. The van der Waals surface area contributed by atoms with Crippen LogP contribution in [0.25, 0.3) is 0 Å². The van der Waals surface area contributed by atoms with Gasteiger partial charge in [0.15, 0.2) is 11.6 Å². The number of aryl methyl sites for hydroxylation is 1. The number of aromatic amines is 1. The van der Waals surface area contributed by atoms with Gasteiger partial charge in [0.2, 0.25) is 0 Å². The largest absolute Gasteiger partial charge is 0.335 e. The maximum atomic E-state index is 13.0. The molecule has 1 N–H and O–H groups in total. The number of benzene rings is 1. The van der Waals surface area contributed by atoms with Gasteiger partial charge in [0, 0.05) is 36.6 Å². The minimum absolute atomic E-state index is 0.0329. The van der Waals surface area contributed by atoms with Crippen LogP contribution in [-0.4, -0.2) is 49.8 Å². The molecule has 1 fully saturated rings. The lowest BCUT2D eigenvalue weighted by Crippen LogP contribution is -2.35. The first kappa shape index (κ1) is 15.9. The summed E-state index contributed by atoms with van der Waals surface area (Å²) in [6, 6.07) is 5.86. The molecule has 0 saturated heterocycles. The highest BCUT2D eigenvalue weighted by Gasteiger charge is 2.33. The molecule has 1 heterocycles. The fourth-order valence-corrected chi connectivity index (χ4v) is 3.45. The molecular formula is C18H21N5O2. The Balaban J connectivity index is 1.53. The van der Waals surface area contributed by atoms with Crippen LogP contribution in [0.4, 0.5) is 0 Å². The topological polar surface area (TPSA) is 91.8 Å². The highest BCUT2D eigenvalue weighted by atomic mass is 16.2. The van der Waals surface area contributed by atoms with E-state index in [2.05, 4.69) is 20.6 Å². The fraction of sp³-hybridized carbons (Fsp3) is 0.500. The Kier molecular flexibility index (Phi) is 4.29. The third-order valence-corrected chi connectivity index (χ3v) is 4.97. The van der Waals surface area contributed by atoms with Gasteiger partial charge >= 0.3 is 0 Å². The van der Waals surface area contributed by atoms with E-state index in [0.29, 0.717) is 36.8 Å². The van der Waals surface area contributed by atoms with Gasteiger partial charge in [-0.15, -0.1) is 10.2 Å². The Labute approximate surface area is 145 Å². The van der Waals surface area contributed by atoms with Crippen molar-refractivity contribution in [2.45, 2.75) is 51.0 Å². The molecule has 7 nitrogen and oxygen atoms in total. The Bertz CT molecular complexity index is 783. The summed E-state index contributed by atoms with van der Waals surface area (Å²) < 4.78 is 0. The van der Waals surface area contributed by atoms with E-state index in [1.54, 1.807) is 6.07 Å². The number of rotatable bonds is 5. The Morgan fingerprint density at radius 1 is 1.24 bits per heavy atom. The number of Topliss-reactive ketones (excluding diaryl/α,β-unsaturated/α-hetero) is 1. The number of aromatic nitrogens is 4. The lowest BCUT2D eigenvalue weighted by atomic mass is 9.99. The first-order valence-corrected chi connectivity index (χ1v) is 8.92. The number of ketones is 1. The predicted molar refractivity (Wildman–Crippen MR) is 90.3 cm³/mol. The molecule has 2 aromatic rings. The number of nitrogens with one attached hydrogen (secondary N) is 1. The minimum Gasteiger partial charge on any atom is -0.335 e. The van der Waals surface area contributed by atoms with Crippen molar-refractivity contribution in [1.82, 2.24) is 25.5 Å². The van der Waals surface area contributed by atoms with E-state index < -0.39 is 0 Å². The summed E-state index contributed by atoms with van der Waals surface area (Å²) in [5, 5.41) is 13.9. The van der Waals surface area contributed by atoms with Crippen molar-refractivity contribution in [2.24, 2.45) is 0 Å². The van der Waals surface area contributed by atoms with E-state index >= 15 is 0 Å². The number of carbonyl (C=O) groups is 2. The van der Waals surface area contributed by atoms with Crippen molar-refractivity contribution < 1.29 is 9.59 Å². The molecule has 0 unspecified atom stereocenters. The smallest absolute Gasteiger partial charge is 0.254 e. The highest BCUT2D eigenvalue weighted by molar-refractivity contribution is 6.00. The van der Waals surface area contributed by atoms with Gasteiger partial charge in [-0.1, -0.05) is 11.3 Å². The van der Waals surface area contributed by atoms with Gasteiger partial charge in [0.05, 0.1) is 0 Å². The van der Waals surface area contributed by atoms with Crippen LogP contribution in [0.2, 0.25) is 0 Å². The maximum Gasteiger partial charge on any atom is 0.254 e. The van der Waals surface area contributed by atoms with E-state index in [0.717, 1.165) is 43.2 Å². The van der Waals surface area contributed by atoms with Crippen LogP contribution in [0, 0.1) is 0 Å². The molecule has 0 bridgehead atoms. The second kappa shape index (κ2) is 6.74. The first-order chi connectivity index (χ1) is 12.2. The second-order valence-electron chi connectivity index (χ2n) is 6.81. The van der Waals surface area contributed by atoms with Crippen molar-refractivity contribution in [3.63, 3.8) is 0 Å². The van der Waals surface area contributed by atoms with Crippen LogP contribution < -0.4 is 0 Å². The zero-order valence-corrected chi connectivity index (χ0v) is 14.1. The fourth-order valence-electron chi connectivity index (χ4n) is 3.45. The van der Waals surface area contributed by atoms with Crippen LogP contribution in [0.5, 0.6) is 0 Å². The molecule has 1 saturated carbocycles. The average Bonchev–Trinajstić information content (AvgIpc) is 3.36. The van der Waals surface area contributed by atoms with Crippen LogP contribution in [0.15, 0.2) is 18.2 Å². The maximum absolute atomic E-state index is 13.0. The van der Waals surface area contributed by atoms with Gasteiger partial charge in [-0.25, -0.2) is 0 Å². The molecule has 1 aromatic heterocycles. The number of H-pyrrole nitrogens is 1. The molecule has 2 aliphatic carbocycles. The summed E-state index contributed by atoms with van der Waals surface area (Å²) in [4.78, 5) is 27.1. The van der Waals surface area contributed by atoms with Crippen LogP contribution >= 0.6 is 0 Å². The van der Waals surface area contributed by atoms with Gasteiger partial charge in [-0.3, -0.25) is 9.59 Å². The van der Waals surface area contributed by atoms with E-state index in [9.17, 15) is 9.59 Å². The normalized spacial score (nSPS) is 17.0. The number of nitrogens with zero attached hydrogens (tertiary/aromatic N) is 4. The van der Waals surface area contributed by atoms with Crippen molar-refractivity contribution in [2.75, 3.05) is 6.54 Å². The lowest BCUT2D eigenvalue weighted by Gasteiger charge is -2.22. The van der Waals surface area contributed by atoms with E-state index in [-0.39, 0.29) is 11.7 Å². The van der Waals surface area contributed by atoms with Crippen molar-refractivity contribution in [3.05, 3.63) is 40.7 Å². The molecule has 130 valence electrons. The number of fused-ring (bicyclic) bond motifs is 1. The van der Waals surface area contributed by atoms with Crippen LogP contribution in [0.3, 0.4) is 0 Å². The summed E-state index contributed by atoms with van der Waals surface area (Å²) >= 11 is 0. The Morgan fingerprint density at radius 3 is 2.84 bits per heavy atom. The van der Waals surface area contributed by atoms with Crippen molar-refractivity contribution >= 4 is 11.7 Å². The van der Waals surface area contributed by atoms with Crippen LogP contribution in [0.1, 0.15) is 64.2 Å². The standard InChI is InChI=1S/C18H21N5O2/c24-16-4-2-1-3-12-11-13(5-8-15(12)16)18(25)23(14-6-7-14)10-9-17-19-21-22-20-17/h5,8,11,14H,1-4,6-7,9-10H2,(H,19,20,21,22). The molecule has 7 heteroatoms. The minimum atomic E-state index is 0.0329. The van der Waals surface area contributed by atoms with Gasteiger partial charge in [-0.05, 0) is 49.8 Å². The van der Waals surface area contributed by atoms with Gasteiger partial charge in [0.1, 0.15) is 0 Å². The van der Waals surface area contributed by atoms with E-state index in [1.807, 2.05) is 17.0 Å². The Morgan fingerprint density at radius 2 is 2.08 bits per heavy atom. The number of tetrazole rings is 1.